The van der Waals surface area contributed by atoms with Crippen LogP contribution in [0.5, 0.6) is 0 Å². The van der Waals surface area contributed by atoms with Crippen molar-refractivity contribution in [3.05, 3.63) is 0 Å². The second kappa shape index (κ2) is 3.05. The molecule has 2 unspecified atom stereocenters. The Morgan fingerprint density at radius 1 is 1.50 bits per heavy atom. The Kier molecular flexibility index (Phi) is 2.05. The summed E-state index contributed by atoms with van der Waals surface area (Å²) in [5.41, 5.74) is 0. The summed E-state index contributed by atoms with van der Waals surface area (Å²) in [6, 6.07) is 0. The van der Waals surface area contributed by atoms with Crippen LogP contribution in [0.15, 0.2) is 0 Å². The van der Waals surface area contributed by atoms with Crippen molar-refractivity contribution in [2.45, 2.75) is 32.4 Å². The number of carbonyl (C=O) groups is 1. The molecule has 1 N–H and O–H groups in total. The van der Waals surface area contributed by atoms with Gasteiger partial charge in [0.15, 0.2) is 0 Å². The van der Waals surface area contributed by atoms with Crippen LogP contribution >= 0.6 is 0 Å². The molecule has 0 bridgehead atoms. The molecule has 3 heteroatoms. The summed E-state index contributed by atoms with van der Waals surface area (Å²) < 4.78 is 0. The van der Waals surface area contributed by atoms with Crippen LogP contribution in [0.1, 0.15) is 26.2 Å². The van der Waals surface area contributed by atoms with E-state index >= 15 is 0 Å². The minimum Gasteiger partial charge on any atom is -0.327 e. The van der Waals surface area contributed by atoms with Crippen LogP contribution < -0.4 is 5.32 Å². The second-order valence-corrected chi connectivity index (χ2v) is 3.83. The van der Waals surface area contributed by atoms with Gasteiger partial charge < -0.3 is 4.90 Å². The molecule has 0 aromatic rings. The van der Waals surface area contributed by atoms with Gasteiger partial charge in [-0.05, 0) is 25.8 Å². The van der Waals surface area contributed by atoms with Crippen molar-refractivity contribution in [3.8, 4) is 0 Å². The smallest absolute Gasteiger partial charge is 0.226 e. The fourth-order valence-corrected chi connectivity index (χ4v) is 2.09. The number of hydrogen-bond acceptors (Lipinski definition) is 2. The van der Waals surface area contributed by atoms with Crippen molar-refractivity contribution in [1.82, 2.24) is 10.2 Å². The molecule has 2 rings (SSSR count). The van der Waals surface area contributed by atoms with Crippen LogP contribution in [0.3, 0.4) is 0 Å². The highest BCUT2D eigenvalue weighted by molar-refractivity contribution is 5.80. The zero-order valence-corrected chi connectivity index (χ0v) is 7.55. The first-order chi connectivity index (χ1) is 5.79. The Labute approximate surface area is 73.1 Å². The molecule has 2 aliphatic heterocycles. The first-order valence-corrected chi connectivity index (χ1v) is 4.83. The van der Waals surface area contributed by atoms with Crippen molar-refractivity contribution < 1.29 is 4.79 Å². The standard InChI is InChI=1S/C9H16N2O/c1-7-4-6-11(9(7)12)8-3-2-5-10-8/h7-8,10H,2-6H2,1H3. The molecular weight excluding hydrogens is 152 g/mol. The van der Waals surface area contributed by atoms with E-state index in [2.05, 4.69) is 5.32 Å². The lowest BCUT2D eigenvalue weighted by Gasteiger charge is -2.23. The Morgan fingerprint density at radius 2 is 2.33 bits per heavy atom. The van der Waals surface area contributed by atoms with E-state index in [0.29, 0.717) is 12.1 Å². The zero-order valence-electron chi connectivity index (χ0n) is 7.55. The van der Waals surface area contributed by atoms with Gasteiger partial charge >= 0.3 is 0 Å². The molecular formula is C9H16N2O. The number of hydrogen-bond donors (Lipinski definition) is 1. The second-order valence-electron chi connectivity index (χ2n) is 3.83. The number of amides is 1. The van der Waals surface area contributed by atoms with Gasteiger partial charge in [-0.1, -0.05) is 6.92 Å². The molecule has 2 atom stereocenters. The predicted octanol–water partition coefficient (Wildman–Crippen LogP) is 0.564. The highest BCUT2D eigenvalue weighted by atomic mass is 16.2. The quantitative estimate of drug-likeness (QED) is 0.620. The van der Waals surface area contributed by atoms with Gasteiger partial charge in [-0.2, -0.15) is 0 Å². The molecule has 2 saturated heterocycles. The molecule has 68 valence electrons. The minimum atomic E-state index is 0.257. The van der Waals surface area contributed by atoms with Crippen LogP contribution in [0.25, 0.3) is 0 Å². The predicted molar refractivity (Wildman–Crippen MR) is 46.5 cm³/mol. The highest BCUT2D eigenvalue weighted by Crippen LogP contribution is 2.22. The van der Waals surface area contributed by atoms with Crippen LogP contribution in [0.4, 0.5) is 0 Å². The summed E-state index contributed by atoms with van der Waals surface area (Å²) in [4.78, 5) is 13.6. The molecule has 0 radical (unpaired) electrons. The van der Waals surface area contributed by atoms with Crippen LogP contribution in [0, 0.1) is 5.92 Å². The fourth-order valence-electron chi connectivity index (χ4n) is 2.09. The van der Waals surface area contributed by atoms with Crippen molar-refractivity contribution in [3.63, 3.8) is 0 Å². The summed E-state index contributed by atoms with van der Waals surface area (Å²) in [7, 11) is 0. The Morgan fingerprint density at radius 3 is 2.83 bits per heavy atom. The molecule has 0 aromatic carbocycles. The minimum absolute atomic E-state index is 0.257. The lowest BCUT2D eigenvalue weighted by molar-refractivity contribution is -0.132. The van der Waals surface area contributed by atoms with E-state index in [1.807, 2.05) is 11.8 Å². The SMILES string of the molecule is CC1CCN(C2CCCN2)C1=O. The van der Waals surface area contributed by atoms with Crippen LogP contribution in [-0.4, -0.2) is 30.1 Å². The monoisotopic (exact) mass is 168 g/mol. The number of nitrogens with zero attached hydrogens (tertiary/aromatic N) is 1. The summed E-state index contributed by atoms with van der Waals surface area (Å²) in [6.45, 7) is 4.05. The zero-order chi connectivity index (χ0) is 8.55. The van der Waals surface area contributed by atoms with Gasteiger partial charge in [0.1, 0.15) is 0 Å². The lowest BCUT2D eigenvalue weighted by Crippen LogP contribution is -2.43. The van der Waals surface area contributed by atoms with E-state index in [0.717, 1.165) is 25.9 Å². The van der Waals surface area contributed by atoms with Gasteiger partial charge in [0, 0.05) is 12.5 Å². The van der Waals surface area contributed by atoms with Crippen molar-refractivity contribution in [2.75, 3.05) is 13.1 Å². The van der Waals surface area contributed by atoms with Crippen molar-refractivity contribution in [2.24, 2.45) is 5.92 Å². The van der Waals surface area contributed by atoms with Gasteiger partial charge in [-0.3, -0.25) is 10.1 Å². The first-order valence-electron chi connectivity index (χ1n) is 4.83. The number of carbonyl (C=O) groups excluding carboxylic acids is 1. The topological polar surface area (TPSA) is 32.3 Å². The normalized spacial score (nSPS) is 36.4. The van der Waals surface area contributed by atoms with Crippen molar-refractivity contribution >= 4 is 5.91 Å². The van der Waals surface area contributed by atoms with E-state index in [1.165, 1.54) is 6.42 Å². The summed E-state index contributed by atoms with van der Waals surface area (Å²) in [5, 5.41) is 3.35. The van der Waals surface area contributed by atoms with E-state index in [4.69, 9.17) is 0 Å². The molecule has 0 aliphatic carbocycles. The molecule has 1 amide bonds. The maximum absolute atomic E-state index is 11.6. The van der Waals surface area contributed by atoms with E-state index in [1.54, 1.807) is 0 Å². The van der Waals surface area contributed by atoms with E-state index < -0.39 is 0 Å². The van der Waals surface area contributed by atoms with Gasteiger partial charge in [-0.25, -0.2) is 0 Å². The summed E-state index contributed by atoms with van der Waals surface area (Å²) in [6.07, 6.45) is 3.74. The van der Waals surface area contributed by atoms with Gasteiger partial charge in [-0.15, -0.1) is 0 Å². The number of nitrogens with one attached hydrogen (secondary N) is 1. The number of rotatable bonds is 1. The Bertz CT molecular complexity index is 187. The largest absolute Gasteiger partial charge is 0.327 e. The average molecular weight is 168 g/mol. The maximum atomic E-state index is 11.6. The van der Waals surface area contributed by atoms with E-state index in [-0.39, 0.29) is 5.92 Å². The third-order valence-corrected chi connectivity index (χ3v) is 2.92. The summed E-state index contributed by atoms with van der Waals surface area (Å²) >= 11 is 0. The van der Waals surface area contributed by atoms with Gasteiger partial charge in [0.05, 0.1) is 6.17 Å². The Hall–Kier alpha value is -0.570. The van der Waals surface area contributed by atoms with E-state index in [9.17, 15) is 4.79 Å². The lowest BCUT2D eigenvalue weighted by atomic mass is 10.1. The molecule has 12 heavy (non-hydrogen) atoms. The van der Waals surface area contributed by atoms with Crippen LogP contribution in [0.2, 0.25) is 0 Å². The third-order valence-electron chi connectivity index (χ3n) is 2.92. The first kappa shape index (κ1) is 8.05. The van der Waals surface area contributed by atoms with Crippen LogP contribution in [-0.2, 0) is 4.79 Å². The molecule has 0 spiro atoms. The van der Waals surface area contributed by atoms with Gasteiger partial charge in [0.2, 0.25) is 5.91 Å². The number of likely N-dealkylation sites (tertiary alicyclic amines) is 1. The fraction of sp³-hybridized carbons (Fsp3) is 0.889. The molecule has 0 aromatic heterocycles. The molecule has 2 aliphatic rings. The van der Waals surface area contributed by atoms with Crippen molar-refractivity contribution in [1.29, 1.82) is 0 Å². The third kappa shape index (κ3) is 1.22. The molecule has 3 nitrogen and oxygen atoms in total. The molecule has 0 saturated carbocycles. The maximum Gasteiger partial charge on any atom is 0.226 e. The molecule has 2 fully saturated rings. The molecule has 2 heterocycles. The Balaban J connectivity index is 1.99. The highest BCUT2D eigenvalue weighted by Gasteiger charge is 2.33. The average Bonchev–Trinajstić information content (AvgIpc) is 2.64. The van der Waals surface area contributed by atoms with Gasteiger partial charge in [0.25, 0.3) is 0 Å². The summed E-state index contributed by atoms with van der Waals surface area (Å²) in [5.74, 6) is 0.599.